The quantitative estimate of drug-likeness (QED) is 0.786. The molecule has 19 heavy (non-hydrogen) atoms. The first-order chi connectivity index (χ1) is 8.99. The van der Waals surface area contributed by atoms with Crippen molar-refractivity contribution in [3.63, 3.8) is 0 Å². The van der Waals surface area contributed by atoms with Gasteiger partial charge in [-0.1, -0.05) is 12.1 Å². The molecule has 4 heteroatoms. The Kier molecular flexibility index (Phi) is 4.19. The molecular formula is C15H13FINO. The summed E-state index contributed by atoms with van der Waals surface area (Å²) in [5.74, 6) is -0.486. The summed E-state index contributed by atoms with van der Waals surface area (Å²) in [5.41, 5.74) is 3.28. The first-order valence-electron chi connectivity index (χ1n) is 5.81. The fourth-order valence-electron chi connectivity index (χ4n) is 1.78. The normalized spacial score (nSPS) is 10.3. The number of carbonyl (C=O) groups excluding carboxylic acids is 1. The minimum Gasteiger partial charge on any atom is -0.321 e. The lowest BCUT2D eigenvalue weighted by Gasteiger charge is -2.10. The molecule has 0 saturated heterocycles. The fourth-order valence-corrected chi connectivity index (χ4v) is 2.39. The lowest BCUT2D eigenvalue weighted by molar-refractivity contribution is 0.102. The average molecular weight is 369 g/mol. The van der Waals surface area contributed by atoms with E-state index in [2.05, 4.69) is 5.32 Å². The lowest BCUT2D eigenvalue weighted by atomic mass is 10.0. The van der Waals surface area contributed by atoms with Crippen LogP contribution in [0.2, 0.25) is 0 Å². The van der Waals surface area contributed by atoms with Crippen molar-refractivity contribution in [2.75, 3.05) is 5.32 Å². The number of benzene rings is 2. The Morgan fingerprint density at radius 2 is 1.95 bits per heavy atom. The van der Waals surface area contributed by atoms with Crippen LogP contribution in [-0.4, -0.2) is 5.91 Å². The first kappa shape index (κ1) is 14.0. The molecule has 0 spiro atoms. The van der Waals surface area contributed by atoms with Crippen LogP contribution in [0.3, 0.4) is 0 Å². The van der Waals surface area contributed by atoms with Crippen LogP contribution >= 0.6 is 22.6 Å². The van der Waals surface area contributed by atoms with Gasteiger partial charge in [0.2, 0.25) is 0 Å². The molecule has 1 amide bonds. The predicted octanol–water partition coefficient (Wildman–Crippen LogP) is 4.30. The maximum Gasteiger partial charge on any atom is 0.255 e. The van der Waals surface area contributed by atoms with E-state index in [1.54, 1.807) is 12.1 Å². The molecule has 2 nitrogen and oxygen atoms in total. The topological polar surface area (TPSA) is 29.1 Å². The zero-order chi connectivity index (χ0) is 14.0. The van der Waals surface area contributed by atoms with Crippen molar-refractivity contribution in [3.8, 4) is 0 Å². The summed E-state index contributed by atoms with van der Waals surface area (Å²) in [7, 11) is 0. The van der Waals surface area contributed by atoms with Gasteiger partial charge in [0.15, 0.2) is 0 Å². The number of hydrogen-bond acceptors (Lipinski definition) is 1. The molecule has 1 N–H and O–H groups in total. The van der Waals surface area contributed by atoms with Crippen molar-refractivity contribution >= 4 is 34.2 Å². The van der Waals surface area contributed by atoms with Crippen molar-refractivity contribution in [2.24, 2.45) is 0 Å². The van der Waals surface area contributed by atoms with Crippen molar-refractivity contribution in [3.05, 3.63) is 62.5 Å². The van der Waals surface area contributed by atoms with Crippen LogP contribution < -0.4 is 5.32 Å². The Labute approximate surface area is 125 Å². The van der Waals surface area contributed by atoms with Gasteiger partial charge in [-0.05, 0) is 71.8 Å². The van der Waals surface area contributed by atoms with Crippen molar-refractivity contribution in [1.82, 2.24) is 0 Å². The average Bonchev–Trinajstić information content (AvgIpc) is 2.36. The van der Waals surface area contributed by atoms with Crippen LogP contribution in [0.25, 0.3) is 0 Å². The molecule has 0 fully saturated rings. The van der Waals surface area contributed by atoms with Gasteiger partial charge in [0.1, 0.15) is 5.82 Å². The zero-order valence-electron chi connectivity index (χ0n) is 10.6. The Morgan fingerprint density at radius 3 is 2.63 bits per heavy atom. The monoisotopic (exact) mass is 369 g/mol. The molecule has 0 bridgehead atoms. The number of carbonyl (C=O) groups is 1. The number of anilines is 1. The van der Waals surface area contributed by atoms with Gasteiger partial charge in [0, 0.05) is 9.13 Å². The second kappa shape index (κ2) is 5.69. The summed E-state index contributed by atoms with van der Waals surface area (Å²) in [5, 5.41) is 2.81. The molecular weight excluding hydrogens is 356 g/mol. The first-order valence-corrected chi connectivity index (χ1v) is 6.89. The van der Waals surface area contributed by atoms with Gasteiger partial charge in [0.05, 0.1) is 5.69 Å². The molecule has 98 valence electrons. The molecule has 0 heterocycles. The lowest BCUT2D eigenvalue weighted by Crippen LogP contribution is -2.14. The molecule has 0 aliphatic carbocycles. The fraction of sp³-hybridized carbons (Fsp3) is 0.133. The summed E-state index contributed by atoms with van der Waals surface area (Å²) in [6.45, 7) is 3.88. The molecule has 0 aromatic heterocycles. The summed E-state index contributed by atoms with van der Waals surface area (Å²) in [4.78, 5) is 12.2. The largest absolute Gasteiger partial charge is 0.321 e. The van der Waals surface area contributed by atoms with E-state index < -0.39 is 0 Å². The summed E-state index contributed by atoms with van der Waals surface area (Å²) < 4.78 is 13.7. The Hall–Kier alpha value is -1.43. The van der Waals surface area contributed by atoms with Crippen LogP contribution in [0.15, 0.2) is 36.4 Å². The highest BCUT2D eigenvalue weighted by molar-refractivity contribution is 14.1. The van der Waals surface area contributed by atoms with E-state index in [9.17, 15) is 9.18 Å². The Balaban J connectivity index is 2.28. The third-order valence-electron chi connectivity index (χ3n) is 3.03. The van der Waals surface area contributed by atoms with Crippen LogP contribution in [0.4, 0.5) is 10.1 Å². The molecule has 2 aromatic carbocycles. The van der Waals surface area contributed by atoms with E-state index >= 15 is 0 Å². The van der Waals surface area contributed by atoms with Gasteiger partial charge < -0.3 is 5.32 Å². The third kappa shape index (κ3) is 3.12. The molecule has 0 radical (unpaired) electrons. The van der Waals surface area contributed by atoms with Crippen LogP contribution in [-0.2, 0) is 0 Å². The molecule has 0 atom stereocenters. The van der Waals surface area contributed by atoms with Gasteiger partial charge in [-0.3, -0.25) is 4.79 Å². The van der Waals surface area contributed by atoms with Crippen LogP contribution in [0, 0.1) is 23.2 Å². The van der Waals surface area contributed by atoms with E-state index in [0.29, 0.717) is 14.8 Å². The number of rotatable bonds is 2. The maximum atomic E-state index is 13.0. The van der Waals surface area contributed by atoms with E-state index in [1.807, 2.05) is 48.6 Å². The van der Waals surface area contributed by atoms with Gasteiger partial charge >= 0.3 is 0 Å². The van der Waals surface area contributed by atoms with Gasteiger partial charge in [-0.15, -0.1) is 0 Å². The standard InChI is InChI=1S/C15H13FINO/c1-9-4-3-5-12(10(9)2)15(19)18-14-7-6-11(16)8-13(14)17/h3-8H,1-2H3,(H,18,19). The number of hydrogen-bond donors (Lipinski definition) is 1. The summed E-state index contributed by atoms with van der Waals surface area (Å²) in [6, 6.07) is 9.90. The van der Waals surface area contributed by atoms with Crippen LogP contribution in [0.5, 0.6) is 0 Å². The van der Waals surface area contributed by atoms with Gasteiger partial charge in [0.25, 0.3) is 5.91 Å². The van der Waals surface area contributed by atoms with E-state index in [-0.39, 0.29) is 11.7 Å². The summed E-state index contributed by atoms with van der Waals surface area (Å²) >= 11 is 2.00. The number of nitrogens with one attached hydrogen (secondary N) is 1. The van der Waals surface area contributed by atoms with Crippen molar-refractivity contribution < 1.29 is 9.18 Å². The Bertz CT molecular complexity index is 640. The molecule has 0 aliphatic heterocycles. The van der Waals surface area contributed by atoms with Gasteiger partial charge in [-0.25, -0.2) is 4.39 Å². The SMILES string of the molecule is Cc1cccc(C(=O)Nc2ccc(F)cc2I)c1C. The number of aryl methyl sites for hydroxylation is 1. The molecule has 0 aliphatic rings. The van der Waals surface area contributed by atoms with E-state index in [4.69, 9.17) is 0 Å². The maximum absolute atomic E-state index is 13.0. The van der Waals surface area contributed by atoms with Crippen molar-refractivity contribution in [1.29, 1.82) is 0 Å². The molecule has 2 aromatic rings. The number of halogens is 2. The highest BCUT2D eigenvalue weighted by Crippen LogP contribution is 2.21. The molecule has 2 rings (SSSR count). The molecule has 0 saturated carbocycles. The summed E-state index contributed by atoms with van der Waals surface area (Å²) in [6.07, 6.45) is 0. The predicted molar refractivity (Wildman–Crippen MR) is 83.0 cm³/mol. The van der Waals surface area contributed by atoms with Crippen LogP contribution in [0.1, 0.15) is 21.5 Å². The Morgan fingerprint density at radius 1 is 1.21 bits per heavy atom. The van der Waals surface area contributed by atoms with E-state index in [1.165, 1.54) is 12.1 Å². The van der Waals surface area contributed by atoms with Gasteiger partial charge in [-0.2, -0.15) is 0 Å². The second-order valence-corrected chi connectivity index (χ2v) is 5.49. The second-order valence-electron chi connectivity index (χ2n) is 4.33. The molecule has 0 unspecified atom stereocenters. The number of amides is 1. The highest BCUT2D eigenvalue weighted by Gasteiger charge is 2.12. The zero-order valence-corrected chi connectivity index (χ0v) is 12.8. The smallest absolute Gasteiger partial charge is 0.255 e. The third-order valence-corrected chi connectivity index (χ3v) is 3.92. The highest BCUT2D eigenvalue weighted by atomic mass is 127. The minimum absolute atomic E-state index is 0.175. The van der Waals surface area contributed by atoms with E-state index in [0.717, 1.165) is 11.1 Å². The van der Waals surface area contributed by atoms with Crippen molar-refractivity contribution in [2.45, 2.75) is 13.8 Å². The minimum atomic E-state index is -0.311.